The molecule has 20 heavy (non-hydrogen) atoms. The van der Waals surface area contributed by atoms with Crippen LogP contribution in [0.3, 0.4) is 0 Å². The minimum Gasteiger partial charge on any atom is -0.395 e. The Morgan fingerprint density at radius 3 is 2.85 bits per heavy atom. The molecule has 0 saturated heterocycles. The molecule has 0 atom stereocenters. The molecule has 0 bridgehead atoms. The summed E-state index contributed by atoms with van der Waals surface area (Å²) in [4.78, 5) is 4.03. The first-order chi connectivity index (χ1) is 9.83. The zero-order valence-corrected chi connectivity index (χ0v) is 13.2. The van der Waals surface area contributed by atoms with Crippen molar-refractivity contribution < 1.29 is 5.11 Å². The first-order valence-corrected chi connectivity index (χ1v) is 8.62. The highest BCUT2D eigenvalue weighted by Gasteiger charge is 2.20. The van der Waals surface area contributed by atoms with Gasteiger partial charge in [0, 0.05) is 34.8 Å². The van der Waals surface area contributed by atoms with Gasteiger partial charge in [-0.1, -0.05) is 38.0 Å². The Hall–Kier alpha value is -0.820. The molecule has 1 heterocycles. The van der Waals surface area contributed by atoms with Gasteiger partial charge < -0.3 is 5.11 Å². The topological polar surface area (TPSA) is 23.5 Å². The smallest absolute Gasteiger partial charge is 0.0540 e. The Morgan fingerprint density at radius 1 is 1.35 bits per heavy atom. The lowest BCUT2D eigenvalue weighted by Gasteiger charge is -2.33. The van der Waals surface area contributed by atoms with Gasteiger partial charge in [0.2, 0.25) is 0 Å². The molecule has 1 aromatic heterocycles. The molecule has 3 heteroatoms. The van der Waals surface area contributed by atoms with Crippen molar-refractivity contribution >= 4 is 11.3 Å². The second-order valence-electron chi connectivity index (χ2n) is 5.43. The molecule has 1 aliphatic rings. The van der Waals surface area contributed by atoms with E-state index in [1.54, 1.807) is 0 Å². The summed E-state index contributed by atoms with van der Waals surface area (Å²) in [7, 11) is 0. The zero-order chi connectivity index (χ0) is 14.2. The highest BCUT2D eigenvalue weighted by atomic mass is 32.1. The molecule has 1 aliphatic carbocycles. The molecule has 2 rings (SSSR count). The van der Waals surface area contributed by atoms with Crippen molar-refractivity contribution in [3.63, 3.8) is 0 Å². The third-order valence-corrected chi connectivity index (χ3v) is 4.90. The van der Waals surface area contributed by atoms with Crippen molar-refractivity contribution in [2.75, 3.05) is 13.2 Å². The number of nitrogens with zero attached hydrogens (tertiary/aromatic N) is 1. The second-order valence-corrected chi connectivity index (χ2v) is 6.43. The summed E-state index contributed by atoms with van der Waals surface area (Å²) in [5.41, 5.74) is 1.10. The van der Waals surface area contributed by atoms with Crippen LogP contribution in [0.1, 0.15) is 55.9 Å². The van der Waals surface area contributed by atoms with Crippen molar-refractivity contribution in [2.24, 2.45) is 0 Å². The average molecular weight is 291 g/mol. The summed E-state index contributed by atoms with van der Waals surface area (Å²) in [6.07, 6.45) is 7.49. The fraction of sp³-hybridized carbons (Fsp3) is 0.647. The van der Waals surface area contributed by atoms with Crippen LogP contribution >= 0.6 is 11.3 Å². The lowest BCUT2D eigenvalue weighted by Crippen LogP contribution is -2.35. The molecule has 0 aliphatic heterocycles. The van der Waals surface area contributed by atoms with E-state index in [-0.39, 0.29) is 6.61 Å². The van der Waals surface area contributed by atoms with Crippen LogP contribution in [-0.2, 0) is 6.54 Å². The van der Waals surface area contributed by atoms with Crippen LogP contribution in [0, 0.1) is 11.8 Å². The van der Waals surface area contributed by atoms with Gasteiger partial charge in [0.25, 0.3) is 0 Å². The molecule has 0 radical (unpaired) electrons. The second kappa shape index (κ2) is 8.46. The molecule has 0 unspecified atom stereocenters. The molecule has 2 nitrogen and oxygen atoms in total. The summed E-state index contributed by atoms with van der Waals surface area (Å²) in [5, 5.41) is 10.9. The van der Waals surface area contributed by atoms with Crippen molar-refractivity contribution in [1.82, 2.24) is 4.90 Å². The van der Waals surface area contributed by atoms with E-state index in [1.165, 1.54) is 37.0 Å². The zero-order valence-electron chi connectivity index (χ0n) is 12.4. The molecule has 1 fully saturated rings. The van der Waals surface area contributed by atoms with Gasteiger partial charge in [0.1, 0.15) is 0 Å². The standard InChI is InChI=1S/C17H25NOS/c1-2-18(16-9-4-3-5-10-16)13-17-12-15(14-20-17)8-6-7-11-19/h12,14,16,19H,2-5,7,9-11,13H2,1H3. The van der Waals surface area contributed by atoms with E-state index in [1.807, 2.05) is 11.3 Å². The van der Waals surface area contributed by atoms with Gasteiger partial charge in [0.05, 0.1) is 6.61 Å². The summed E-state index contributed by atoms with van der Waals surface area (Å²) in [6.45, 7) is 4.61. The number of aliphatic hydroxyl groups excluding tert-OH is 1. The quantitative estimate of drug-likeness (QED) is 0.837. The van der Waals surface area contributed by atoms with Gasteiger partial charge in [-0.15, -0.1) is 11.3 Å². The molecule has 1 N–H and O–H groups in total. The Bertz CT molecular complexity index is 451. The lowest BCUT2D eigenvalue weighted by molar-refractivity contribution is 0.157. The Balaban J connectivity index is 1.92. The minimum atomic E-state index is 0.148. The van der Waals surface area contributed by atoms with E-state index in [9.17, 15) is 0 Å². The van der Waals surface area contributed by atoms with Crippen LogP contribution in [-0.4, -0.2) is 29.2 Å². The SMILES string of the molecule is CCN(Cc1cc(C#CCCO)cs1)C1CCCCC1. The maximum absolute atomic E-state index is 8.74. The van der Waals surface area contributed by atoms with Crippen LogP contribution in [0.5, 0.6) is 0 Å². The first-order valence-electron chi connectivity index (χ1n) is 7.74. The number of rotatable bonds is 5. The summed E-state index contributed by atoms with van der Waals surface area (Å²) in [6, 6.07) is 2.99. The first kappa shape index (κ1) is 15.6. The van der Waals surface area contributed by atoms with Crippen LogP contribution in [0.2, 0.25) is 0 Å². The van der Waals surface area contributed by atoms with Crippen molar-refractivity contribution in [3.8, 4) is 11.8 Å². The maximum Gasteiger partial charge on any atom is 0.0540 e. The third-order valence-electron chi connectivity index (χ3n) is 3.98. The number of hydrogen-bond acceptors (Lipinski definition) is 3. The predicted molar refractivity (Wildman–Crippen MR) is 85.9 cm³/mol. The molecule has 0 spiro atoms. The van der Waals surface area contributed by atoms with E-state index in [0.29, 0.717) is 6.42 Å². The lowest BCUT2D eigenvalue weighted by atomic mass is 9.94. The summed E-state index contributed by atoms with van der Waals surface area (Å²) in [5.74, 6) is 6.11. The molecule has 1 saturated carbocycles. The number of hydrogen-bond donors (Lipinski definition) is 1. The van der Waals surface area contributed by atoms with Gasteiger partial charge in [-0.05, 0) is 25.5 Å². The van der Waals surface area contributed by atoms with Gasteiger partial charge in [-0.2, -0.15) is 0 Å². The Kier molecular flexibility index (Phi) is 6.59. The van der Waals surface area contributed by atoms with Crippen molar-refractivity contribution in [2.45, 2.75) is 58.0 Å². The normalized spacial score (nSPS) is 16.1. The van der Waals surface area contributed by atoms with E-state index in [4.69, 9.17) is 5.11 Å². The van der Waals surface area contributed by atoms with E-state index in [0.717, 1.165) is 24.7 Å². The number of aliphatic hydroxyl groups is 1. The predicted octanol–water partition coefficient (Wildman–Crippen LogP) is 3.64. The maximum atomic E-state index is 8.74. The largest absolute Gasteiger partial charge is 0.395 e. The van der Waals surface area contributed by atoms with Crippen LogP contribution < -0.4 is 0 Å². The highest BCUT2D eigenvalue weighted by Crippen LogP contribution is 2.25. The summed E-state index contributed by atoms with van der Waals surface area (Å²) >= 11 is 1.81. The van der Waals surface area contributed by atoms with Crippen molar-refractivity contribution in [3.05, 3.63) is 21.9 Å². The van der Waals surface area contributed by atoms with Crippen molar-refractivity contribution in [1.29, 1.82) is 0 Å². The number of thiophene rings is 1. The monoisotopic (exact) mass is 291 g/mol. The molecule has 0 amide bonds. The van der Waals surface area contributed by atoms with Gasteiger partial charge >= 0.3 is 0 Å². The molecular weight excluding hydrogens is 266 g/mol. The van der Waals surface area contributed by atoms with Crippen LogP contribution in [0.25, 0.3) is 0 Å². The average Bonchev–Trinajstić information content (AvgIpc) is 2.93. The molecule has 0 aromatic carbocycles. The Labute approximate surface area is 126 Å². The highest BCUT2D eigenvalue weighted by molar-refractivity contribution is 7.10. The molecular formula is C17H25NOS. The molecule has 1 aromatic rings. The molecule has 110 valence electrons. The summed E-state index contributed by atoms with van der Waals surface area (Å²) < 4.78 is 0. The fourth-order valence-corrected chi connectivity index (χ4v) is 3.74. The van der Waals surface area contributed by atoms with Crippen LogP contribution in [0.15, 0.2) is 11.4 Å². The van der Waals surface area contributed by atoms with Gasteiger partial charge in [-0.3, -0.25) is 4.90 Å². The van der Waals surface area contributed by atoms with E-state index < -0.39 is 0 Å². The van der Waals surface area contributed by atoms with Gasteiger partial charge in [-0.25, -0.2) is 0 Å². The van der Waals surface area contributed by atoms with E-state index in [2.05, 4.69) is 35.1 Å². The third kappa shape index (κ3) is 4.63. The van der Waals surface area contributed by atoms with E-state index >= 15 is 0 Å². The van der Waals surface area contributed by atoms with Crippen LogP contribution in [0.4, 0.5) is 0 Å². The Morgan fingerprint density at radius 2 is 2.15 bits per heavy atom. The van der Waals surface area contributed by atoms with Gasteiger partial charge in [0.15, 0.2) is 0 Å². The fourth-order valence-electron chi connectivity index (χ4n) is 2.90. The minimum absolute atomic E-state index is 0.148.